The number of piperidine rings is 1. The van der Waals surface area contributed by atoms with Crippen LogP contribution in [0.25, 0.3) is 0 Å². The van der Waals surface area contributed by atoms with Crippen LogP contribution >= 0.6 is 0 Å². The highest BCUT2D eigenvalue weighted by Crippen LogP contribution is 2.18. The molecule has 1 aliphatic heterocycles. The van der Waals surface area contributed by atoms with Crippen LogP contribution < -0.4 is 10.6 Å². The summed E-state index contributed by atoms with van der Waals surface area (Å²) in [6.07, 6.45) is 8.67. The highest BCUT2D eigenvalue weighted by Gasteiger charge is 2.25. The largest absolute Gasteiger partial charge is 0.344 e. The Morgan fingerprint density at radius 3 is 2.74 bits per heavy atom. The second-order valence-corrected chi connectivity index (χ2v) is 5.28. The van der Waals surface area contributed by atoms with Crippen molar-refractivity contribution in [3.05, 3.63) is 0 Å². The number of rotatable bonds is 7. The summed E-state index contributed by atoms with van der Waals surface area (Å²) in [5, 5.41) is 6.23. The smallest absolute Gasteiger partial charge is 0.237 e. The van der Waals surface area contributed by atoms with E-state index in [4.69, 9.17) is 6.42 Å². The van der Waals surface area contributed by atoms with Gasteiger partial charge in [-0.2, -0.15) is 0 Å². The SMILES string of the molecule is C#CCNC(=O)C(C)N1CCC(CNCCC)CC1. The molecule has 0 spiro atoms. The number of hydrogen-bond donors (Lipinski definition) is 2. The zero-order chi connectivity index (χ0) is 14.1. The van der Waals surface area contributed by atoms with Crippen LogP contribution in [0.15, 0.2) is 0 Å². The molecule has 1 heterocycles. The third-order valence-electron chi connectivity index (χ3n) is 3.80. The van der Waals surface area contributed by atoms with Crippen molar-refractivity contribution >= 4 is 5.91 Å². The van der Waals surface area contributed by atoms with Crippen molar-refractivity contribution in [2.24, 2.45) is 5.92 Å². The summed E-state index contributed by atoms with van der Waals surface area (Å²) in [5.41, 5.74) is 0. The lowest BCUT2D eigenvalue weighted by Crippen LogP contribution is -2.49. The molecular formula is C15H27N3O. The monoisotopic (exact) mass is 265 g/mol. The fourth-order valence-corrected chi connectivity index (χ4v) is 2.48. The van der Waals surface area contributed by atoms with Gasteiger partial charge >= 0.3 is 0 Å². The Bertz CT molecular complexity index is 303. The van der Waals surface area contributed by atoms with E-state index in [2.05, 4.69) is 28.4 Å². The molecule has 1 atom stereocenters. The Morgan fingerprint density at radius 1 is 1.47 bits per heavy atom. The molecule has 1 saturated heterocycles. The molecule has 0 aromatic carbocycles. The van der Waals surface area contributed by atoms with Gasteiger partial charge in [0.1, 0.15) is 0 Å². The van der Waals surface area contributed by atoms with E-state index in [1.165, 1.54) is 19.3 Å². The Balaban J connectivity index is 2.25. The predicted molar refractivity (Wildman–Crippen MR) is 78.8 cm³/mol. The summed E-state index contributed by atoms with van der Waals surface area (Å²) in [6, 6.07) is -0.0714. The summed E-state index contributed by atoms with van der Waals surface area (Å²) in [4.78, 5) is 14.1. The van der Waals surface area contributed by atoms with Crippen molar-refractivity contribution in [2.75, 3.05) is 32.7 Å². The second kappa shape index (κ2) is 8.95. The van der Waals surface area contributed by atoms with E-state index < -0.39 is 0 Å². The maximum Gasteiger partial charge on any atom is 0.237 e. The van der Waals surface area contributed by atoms with Crippen LogP contribution in [0.4, 0.5) is 0 Å². The second-order valence-electron chi connectivity index (χ2n) is 5.28. The Kier molecular flexibility index (Phi) is 7.54. The van der Waals surface area contributed by atoms with Gasteiger partial charge in [-0.1, -0.05) is 12.8 Å². The zero-order valence-corrected chi connectivity index (χ0v) is 12.2. The fourth-order valence-electron chi connectivity index (χ4n) is 2.48. The van der Waals surface area contributed by atoms with Crippen molar-refractivity contribution < 1.29 is 4.79 Å². The van der Waals surface area contributed by atoms with Crippen LogP contribution in [-0.4, -0.2) is 49.6 Å². The summed E-state index contributed by atoms with van der Waals surface area (Å²) in [6.45, 7) is 8.69. The minimum atomic E-state index is -0.0714. The predicted octanol–water partition coefficient (Wildman–Crippen LogP) is 0.836. The maximum atomic E-state index is 11.8. The molecule has 1 aliphatic rings. The van der Waals surface area contributed by atoms with Gasteiger partial charge in [-0.3, -0.25) is 9.69 Å². The quantitative estimate of drug-likeness (QED) is 0.529. The molecule has 4 nitrogen and oxygen atoms in total. The van der Waals surface area contributed by atoms with Gasteiger partial charge in [0.2, 0.25) is 5.91 Å². The summed E-state index contributed by atoms with van der Waals surface area (Å²) < 4.78 is 0. The van der Waals surface area contributed by atoms with Gasteiger partial charge in [-0.15, -0.1) is 6.42 Å². The molecule has 1 rings (SSSR count). The lowest BCUT2D eigenvalue weighted by molar-refractivity contribution is -0.126. The number of likely N-dealkylation sites (tertiary alicyclic amines) is 1. The molecule has 0 aromatic heterocycles. The summed E-state index contributed by atoms with van der Waals surface area (Å²) >= 11 is 0. The number of carbonyl (C=O) groups is 1. The van der Waals surface area contributed by atoms with Gasteiger partial charge in [0.05, 0.1) is 12.6 Å². The van der Waals surface area contributed by atoms with E-state index in [9.17, 15) is 4.79 Å². The third kappa shape index (κ3) is 5.63. The maximum absolute atomic E-state index is 11.8. The van der Waals surface area contributed by atoms with E-state index in [-0.39, 0.29) is 11.9 Å². The van der Waals surface area contributed by atoms with Crippen molar-refractivity contribution in [3.8, 4) is 12.3 Å². The van der Waals surface area contributed by atoms with Crippen LogP contribution in [0.2, 0.25) is 0 Å². The Hall–Kier alpha value is -1.05. The van der Waals surface area contributed by atoms with Crippen LogP contribution in [-0.2, 0) is 4.79 Å². The first-order valence-corrected chi connectivity index (χ1v) is 7.35. The molecule has 0 aromatic rings. The highest BCUT2D eigenvalue weighted by atomic mass is 16.2. The number of hydrogen-bond acceptors (Lipinski definition) is 3. The first-order chi connectivity index (χ1) is 9.19. The van der Waals surface area contributed by atoms with Crippen LogP contribution in [0, 0.1) is 18.3 Å². The lowest BCUT2D eigenvalue weighted by Gasteiger charge is -2.35. The molecule has 1 unspecified atom stereocenters. The molecule has 0 radical (unpaired) electrons. The molecule has 2 N–H and O–H groups in total. The number of carbonyl (C=O) groups excluding carboxylic acids is 1. The molecule has 1 amide bonds. The van der Waals surface area contributed by atoms with Gasteiger partial charge in [-0.25, -0.2) is 0 Å². The number of terminal acetylenes is 1. The van der Waals surface area contributed by atoms with E-state index in [1.54, 1.807) is 0 Å². The van der Waals surface area contributed by atoms with Crippen LogP contribution in [0.1, 0.15) is 33.1 Å². The van der Waals surface area contributed by atoms with Gasteiger partial charge < -0.3 is 10.6 Å². The fraction of sp³-hybridized carbons (Fsp3) is 0.800. The average Bonchev–Trinajstić information content (AvgIpc) is 2.45. The van der Waals surface area contributed by atoms with Crippen LogP contribution in [0.3, 0.4) is 0 Å². The van der Waals surface area contributed by atoms with E-state index >= 15 is 0 Å². The van der Waals surface area contributed by atoms with Crippen LogP contribution in [0.5, 0.6) is 0 Å². The van der Waals surface area contributed by atoms with Gasteiger partial charge in [0, 0.05) is 0 Å². The lowest BCUT2D eigenvalue weighted by atomic mass is 9.95. The Morgan fingerprint density at radius 2 is 2.16 bits per heavy atom. The normalized spacial score (nSPS) is 18.8. The topological polar surface area (TPSA) is 44.4 Å². The molecule has 108 valence electrons. The first kappa shape index (κ1) is 16.0. The Labute approximate surface area is 117 Å². The molecule has 0 saturated carbocycles. The van der Waals surface area contributed by atoms with Gasteiger partial charge in [0.15, 0.2) is 0 Å². The molecule has 0 aliphatic carbocycles. The highest BCUT2D eigenvalue weighted by molar-refractivity contribution is 5.81. The summed E-state index contributed by atoms with van der Waals surface area (Å²) in [5.74, 6) is 3.23. The molecule has 1 fully saturated rings. The third-order valence-corrected chi connectivity index (χ3v) is 3.80. The van der Waals surface area contributed by atoms with Crippen molar-refractivity contribution in [2.45, 2.75) is 39.2 Å². The van der Waals surface area contributed by atoms with Gasteiger partial charge in [0.25, 0.3) is 0 Å². The number of amides is 1. The zero-order valence-electron chi connectivity index (χ0n) is 12.2. The van der Waals surface area contributed by atoms with Crippen molar-refractivity contribution in [1.82, 2.24) is 15.5 Å². The minimum Gasteiger partial charge on any atom is -0.344 e. The molecule has 4 heteroatoms. The minimum absolute atomic E-state index is 0.0421. The average molecular weight is 265 g/mol. The molecular weight excluding hydrogens is 238 g/mol. The van der Waals surface area contributed by atoms with E-state index in [0.29, 0.717) is 6.54 Å². The van der Waals surface area contributed by atoms with E-state index in [1.807, 2.05) is 6.92 Å². The number of nitrogens with one attached hydrogen (secondary N) is 2. The standard InChI is InChI=1S/C15H27N3O/c1-4-8-16-12-14-6-10-18(11-7-14)13(3)15(19)17-9-5-2/h2,13-14,16H,4,6-12H2,1,3H3,(H,17,19). The summed E-state index contributed by atoms with van der Waals surface area (Å²) in [7, 11) is 0. The van der Waals surface area contributed by atoms with Crippen molar-refractivity contribution in [3.63, 3.8) is 0 Å². The first-order valence-electron chi connectivity index (χ1n) is 7.35. The van der Waals surface area contributed by atoms with Crippen molar-refractivity contribution in [1.29, 1.82) is 0 Å². The van der Waals surface area contributed by atoms with Gasteiger partial charge in [-0.05, 0) is 58.3 Å². The van der Waals surface area contributed by atoms with E-state index in [0.717, 1.165) is 32.1 Å². The molecule has 0 bridgehead atoms. The number of nitrogens with zero attached hydrogens (tertiary/aromatic N) is 1. The molecule has 19 heavy (non-hydrogen) atoms.